The van der Waals surface area contributed by atoms with Crippen molar-refractivity contribution >= 4 is 38.9 Å². The number of aromatic nitrogens is 4. The Balaban J connectivity index is 1.77. The molecule has 0 fully saturated rings. The second-order valence-corrected chi connectivity index (χ2v) is 8.18. The van der Waals surface area contributed by atoms with E-state index in [-0.39, 0.29) is 23.8 Å². The average molecular weight is 427 g/mol. The van der Waals surface area contributed by atoms with Gasteiger partial charge in [-0.05, 0) is 29.5 Å². The van der Waals surface area contributed by atoms with Gasteiger partial charge in [-0.15, -0.1) is 16.4 Å². The molecule has 3 aromatic heterocycles. The van der Waals surface area contributed by atoms with Crippen LogP contribution < -0.4 is 21.3 Å². The zero-order valence-corrected chi connectivity index (χ0v) is 17.6. The molecule has 156 valence electrons. The predicted molar refractivity (Wildman–Crippen MR) is 116 cm³/mol. The Morgan fingerprint density at radius 3 is 2.73 bits per heavy atom. The van der Waals surface area contributed by atoms with Gasteiger partial charge in [-0.2, -0.15) is 0 Å². The van der Waals surface area contributed by atoms with Crippen LogP contribution in [0.15, 0.2) is 45.3 Å². The molecule has 0 spiro atoms. The van der Waals surface area contributed by atoms with Gasteiger partial charge in [-0.1, -0.05) is 26.0 Å². The highest BCUT2D eigenvalue weighted by atomic mass is 32.1. The highest BCUT2D eigenvalue weighted by Gasteiger charge is 2.20. The van der Waals surface area contributed by atoms with E-state index in [9.17, 15) is 14.4 Å². The van der Waals surface area contributed by atoms with Crippen LogP contribution in [0.3, 0.4) is 0 Å². The Morgan fingerprint density at radius 2 is 2.00 bits per heavy atom. The number of anilines is 1. The molecular formula is C20H21N5O4S. The van der Waals surface area contributed by atoms with Gasteiger partial charge < -0.3 is 10.1 Å². The quantitative estimate of drug-likeness (QED) is 0.508. The number of benzene rings is 1. The minimum absolute atomic E-state index is 0.179. The number of thiophene rings is 1. The second kappa shape index (κ2) is 7.79. The fourth-order valence-electron chi connectivity index (χ4n) is 3.34. The minimum Gasteiger partial charge on any atom is -0.495 e. The van der Waals surface area contributed by atoms with Crippen LogP contribution in [0.2, 0.25) is 0 Å². The molecule has 0 radical (unpaired) electrons. The van der Waals surface area contributed by atoms with Crippen molar-refractivity contribution in [2.24, 2.45) is 5.92 Å². The third-order valence-electron chi connectivity index (χ3n) is 4.61. The third kappa shape index (κ3) is 3.39. The van der Waals surface area contributed by atoms with Gasteiger partial charge in [0.15, 0.2) is 0 Å². The Morgan fingerprint density at radius 1 is 1.23 bits per heavy atom. The Bertz CT molecular complexity index is 1360. The maximum atomic E-state index is 13.0. The molecule has 9 nitrogen and oxygen atoms in total. The van der Waals surface area contributed by atoms with Crippen molar-refractivity contribution < 1.29 is 9.53 Å². The van der Waals surface area contributed by atoms with Crippen molar-refractivity contribution in [3.63, 3.8) is 0 Å². The zero-order valence-electron chi connectivity index (χ0n) is 16.8. The van der Waals surface area contributed by atoms with E-state index < -0.39 is 11.6 Å². The van der Waals surface area contributed by atoms with Gasteiger partial charge in [-0.3, -0.25) is 14.2 Å². The van der Waals surface area contributed by atoms with Crippen LogP contribution in [0.4, 0.5) is 5.69 Å². The minimum atomic E-state index is -0.471. The fraction of sp³-hybridized carbons (Fsp3) is 0.300. The second-order valence-electron chi connectivity index (χ2n) is 7.27. The summed E-state index contributed by atoms with van der Waals surface area (Å²) in [5, 5.41) is 8.82. The van der Waals surface area contributed by atoms with Crippen molar-refractivity contribution in [3.05, 3.63) is 56.5 Å². The summed E-state index contributed by atoms with van der Waals surface area (Å²) in [6.07, 6.45) is 0. The van der Waals surface area contributed by atoms with Gasteiger partial charge >= 0.3 is 5.69 Å². The van der Waals surface area contributed by atoms with Gasteiger partial charge in [0, 0.05) is 6.54 Å². The molecule has 4 aromatic rings. The molecule has 1 aromatic carbocycles. The number of nitrogens with one attached hydrogen (secondary N) is 1. The van der Waals surface area contributed by atoms with Gasteiger partial charge in [0.2, 0.25) is 11.7 Å². The number of nitrogens with zero attached hydrogens (tertiary/aromatic N) is 4. The van der Waals surface area contributed by atoms with E-state index in [0.29, 0.717) is 28.2 Å². The SMILES string of the molecule is COc1ccccc1NC(=O)Cn1nc2n(CC(C)C)c(=O)c3sccc3n2c1=O. The molecule has 0 aliphatic heterocycles. The van der Waals surface area contributed by atoms with Gasteiger partial charge in [0.1, 0.15) is 17.0 Å². The first-order valence-electron chi connectivity index (χ1n) is 9.43. The molecule has 0 unspecified atom stereocenters. The van der Waals surface area contributed by atoms with Crippen molar-refractivity contribution in [1.82, 2.24) is 18.7 Å². The van der Waals surface area contributed by atoms with Crippen LogP contribution in [0.1, 0.15) is 13.8 Å². The monoisotopic (exact) mass is 427 g/mol. The summed E-state index contributed by atoms with van der Waals surface area (Å²) in [5.74, 6) is 0.496. The summed E-state index contributed by atoms with van der Waals surface area (Å²) in [4.78, 5) is 38.5. The van der Waals surface area contributed by atoms with E-state index in [1.165, 1.54) is 27.4 Å². The van der Waals surface area contributed by atoms with Crippen LogP contribution in [0, 0.1) is 5.92 Å². The van der Waals surface area contributed by atoms with Gasteiger partial charge in [0.25, 0.3) is 5.56 Å². The number of para-hydroxylation sites is 2. The lowest BCUT2D eigenvalue weighted by atomic mass is 10.2. The molecule has 1 amide bonds. The molecule has 10 heteroatoms. The first-order valence-corrected chi connectivity index (χ1v) is 10.3. The van der Waals surface area contributed by atoms with Gasteiger partial charge in [0.05, 0.1) is 18.3 Å². The van der Waals surface area contributed by atoms with Gasteiger partial charge in [-0.25, -0.2) is 13.9 Å². The average Bonchev–Trinajstić information content (AvgIpc) is 3.31. The standard InChI is InChI=1S/C20H21N5O4S/c1-12(2)10-23-18(27)17-14(8-9-30-17)25-19(23)22-24(20(25)28)11-16(26)21-13-6-4-5-7-15(13)29-3/h4-9,12H,10-11H2,1-3H3,(H,21,26). The molecule has 0 saturated heterocycles. The molecule has 3 heterocycles. The van der Waals surface area contributed by atoms with Crippen molar-refractivity contribution in [1.29, 1.82) is 0 Å². The van der Waals surface area contributed by atoms with Crippen LogP contribution in [0.5, 0.6) is 5.75 Å². The summed E-state index contributed by atoms with van der Waals surface area (Å²) in [6.45, 7) is 4.09. The van der Waals surface area contributed by atoms with Crippen LogP contribution >= 0.6 is 11.3 Å². The largest absolute Gasteiger partial charge is 0.495 e. The molecule has 1 N–H and O–H groups in total. The van der Waals surface area contributed by atoms with E-state index in [0.717, 1.165) is 4.68 Å². The molecule has 0 aliphatic carbocycles. The number of fused-ring (bicyclic) bond motifs is 3. The molecule has 0 saturated carbocycles. The maximum absolute atomic E-state index is 13.0. The van der Waals surface area contributed by atoms with E-state index in [1.54, 1.807) is 35.7 Å². The number of carbonyl (C=O) groups is 1. The number of amides is 1. The van der Waals surface area contributed by atoms with Crippen LogP contribution in [-0.2, 0) is 17.9 Å². The maximum Gasteiger partial charge on any atom is 0.352 e. The molecule has 0 bridgehead atoms. The third-order valence-corrected chi connectivity index (χ3v) is 5.50. The topological polar surface area (TPSA) is 99.6 Å². The van der Waals surface area contributed by atoms with E-state index in [1.807, 2.05) is 13.8 Å². The summed E-state index contributed by atoms with van der Waals surface area (Å²) in [6, 6.07) is 8.72. The Hall–Kier alpha value is -3.40. The summed E-state index contributed by atoms with van der Waals surface area (Å²) < 4.78 is 9.69. The lowest BCUT2D eigenvalue weighted by molar-refractivity contribution is -0.117. The Kier molecular flexibility index (Phi) is 5.17. The van der Waals surface area contributed by atoms with Crippen molar-refractivity contribution in [2.75, 3.05) is 12.4 Å². The Labute approximate surface area is 175 Å². The first-order chi connectivity index (χ1) is 14.4. The highest BCUT2D eigenvalue weighted by Crippen LogP contribution is 2.23. The zero-order chi connectivity index (χ0) is 21.4. The fourth-order valence-corrected chi connectivity index (χ4v) is 4.16. The summed E-state index contributed by atoms with van der Waals surface area (Å²) >= 11 is 1.28. The lowest BCUT2D eigenvalue weighted by Gasteiger charge is -2.10. The summed E-state index contributed by atoms with van der Waals surface area (Å²) in [7, 11) is 1.51. The predicted octanol–water partition coefficient (Wildman–Crippen LogP) is 2.18. The smallest absolute Gasteiger partial charge is 0.352 e. The number of hydrogen-bond donors (Lipinski definition) is 1. The van der Waals surface area contributed by atoms with Crippen molar-refractivity contribution in [2.45, 2.75) is 26.9 Å². The van der Waals surface area contributed by atoms with Crippen LogP contribution in [0.25, 0.3) is 16.0 Å². The highest BCUT2D eigenvalue weighted by molar-refractivity contribution is 7.17. The molecule has 4 rings (SSSR count). The normalized spacial score (nSPS) is 11.5. The number of hydrogen-bond acceptors (Lipinski definition) is 6. The first kappa shape index (κ1) is 19.9. The van der Waals surface area contributed by atoms with Crippen molar-refractivity contribution in [3.8, 4) is 5.75 Å². The summed E-state index contributed by atoms with van der Waals surface area (Å²) in [5.41, 5.74) is 0.345. The number of methoxy groups -OCH3 is 1. The number of ether oxygens (including phenoxy) is 1. The molecular weight excluding hydrogens is 406 g/mol. The van der Waals surface area contributed by atoms with E-state index >= 15 is 0 Å². The van der Waals surface area contributed by atoms with E-state index in [4.69, 9.17) is 4.74 Å². The number of carbonyl (C=O) groups excluding carboxylic acids is 1. The molecule has 0 aliphatic rings. The molecule has 30 heavy (non-hydrogen) atoms. The van der Waals surface area contributed by atoms with Crippen LogP contribution in [-0.4, -0.2) is 31.8 Å². The van der Waals surface area contributed by atoms with E-state index in [2.05, 4.69) is 10.4 Å². The number of rotatable bonds is 6. The molecule has 0 atom stereocenters. The lowest BCUT2D eigenvalue weighted by Crippen LogP contribution is -2.29.